The van der Waals surface area contributed by atoms with Crippen molar-refractivity contribution in [1.29, 1.82) is 0 Å². The van der Waals surface area contributed by atoms with Gasteiger partial charge in [-0.25, -0.2) is 0 Å². The number of furan rings is 1. The SMILES string of the molecule is c1ccc(-c2ccc(-c3ccccc3N(c3ccccc3)c3cccc(-c4cccc5c4oc4ccccc45)c3)c(-c3ccccc3-c3ccccc3)c2)cc1. The Balaban J connectivity index is 1.18. The van der Waals surface area contributed by atoms with E-state index >= 15 is 0 Å². The van der Waals surface area contributed by atoms with Crippen LogP contribution in [0, 0.1) is 0 Å². The quantitative estimate of drug-likeness (QED) is 0.156. The molecule has 0 saturated carbocycles. The molecule has 0 aliphatic carbocycles. The van der Waals surface area contributed by atoms with Crippen LogP contribution in [-0.4, -0.2) is 0 Å². The van der Waals surface area contributed by atoms with Crippen LogP contribution in [0.2, 0.25) is 0 Å². The first-order valence-electron chi connectivity index (χ1n) is 19.1. The van der Waals surface area contributed by atoms with Gasteiger partial charge in [0.15, 0.2) is 0 Å². The molecule has 2 heteroatoms. The van der Waals surface area contributed by atoms with E-state index in [1.807, 2.05) is 12.1 Å². The monoisotopic (exact) mass is 715 g/mol. The average Bonchev–Trinajstić information content (AvgIpc) is 3.67. The fraction of sp³-hybridized carbons (Fsp3) is 0. The van der Waals surface area contributed by atoms with E-state index in [-0.39, 0.29) is 0 Å². The number of fused-ring (bicyclic) bond motifs is 3. The van der Waals surface area contributed by atoms with Crippen molar-refractivity contribution in [1.82, 2.24) is 0 Å². The Hall–Kier alpha value is -7.42. The van der Waals surface area contributed by atoms with E-state index in [0.29, 0.717) is 0 Å². The van der Waals surface area contributed by atoms with Crippen LogP contribution in [0.25, 0.3) is 77.6 Å². The lowest BCUT2D eigenvalue weighted by molar-refractivity contribution is 0.670. The molecule has 9 aromatic carbocycles. The standard InChI is InChI=1S/C54H37NO/c1-4-18-38(19-5-1)40-34-35-47(51(37-40)46-27-11-10-26-44(46)39-20-6-2-7-21-39)48-28-12-14-32-52(48)55(42-23-8-3-9-24-42)43-25-16-22-41(36-43)45-30-17-31-50-49-29-13-15-33-53(49)56-54(45)50/h1-37H. The topological polar surface area (TPSA) is 16.4 Å². The van der Waals surface area contributed by atoms with Gasteiger partial charge < -0.3 is 9.32 Å². The zero-order valence-electron chi connectivity index (χ0n) is 30.7. The van der Waals surface area contributed by atoms with Crippen LogP contribution < -0.4 is 4.90 Å². The molecule has 0 saturated heterocycles. The second kappa shape index (κ2) is 14.4. The highest BCUT2D eigenvalue weighted by Gasteiger charge is 2.22. The fourth-order valence-corrected chi connectivity index (χ4v) is 8.09. The highest BCUT2D eigenvalue weighted by molar-refractivity contribution is 6.09. The second-order valence-electron chi connectivity index (χ2n) is 14.1. The summed E-state index contributed by atoms with van der Waals surface area (Å²) in [5, 5.41) is 2.25. The lowest BCUT2D eigenvalue weighted by Crippen LogP contribution is -2.11. The number of anilines is 3. The van der Waals surface area contributed by atoms with Gasteiger partial charge >= 0.3 is 0 Å². The Kier molecular flexibility index (Phi) is 8.55. The van der Waals surface area contributed by atoms with E-state index < -0.39 is 0 Å². The highest BCUT2D eigenvalue weighted by Crippen LogP contribution is 2.47. The van der Waals surface area contributed by atoms with Crippen molar-refractivity contribution in [2.45, 2.75) is 0 Å². The van der Waals surface area contributed by atoms with E-state index in [2.05, 4.69) is 217 Å². The summed E-state index contributed by atoms with van der Waals surface area (Å²) in [6.07, 6.45) is 0. The Morgan fingerprint density at radius 1 is 0.286 bits per heavy atom. The number of nitrogens with zero attached hydrogens (tertiary/aromatic N) is 1. The van der Waals surface area contributed by atoms with Crippen LogP contribution in [-0.2, 0) is 0 Å². The summed E-state index contributed by atoms with van der Waals surface area (Å²) in [5.74, 6) is 0. The van der Waals surface area contributed by atoms with E-state index in [1.54, 1.807) is 0 Å². The van der Waals surface area contributed by atoms with Gasteiger partial charge in [0.1, 0.15) is 11.2 Å². The predicted octanol–water partition coefficient (Wildman–Crippen LogP) is 15.4. The van der Waals surface area contributed by atoms with Crippen LogP contribution in [0.3, 0.4) is 0 Å². The molecule has 0 amide bonds. The molecule has 1 heterocycles. The predicted molar refractivity (Wildman–Crippen MR) is 236 cm³/mol. The third kappa shape index (κ3) is 6.04. The van der Waals surface area contributed by atoms with Gasteiger partial charge in [-0.1, -0.05) is 182 Å². The Labute approximate surface area is 327 Å². The number of hydrogen-bond acceptors (Lipinski definition) is 2. The minimum Gasteiger partial charge on any atom is -0.455 e. The Bertz CT molecular complexity index is 2960. The molecule has 0 aliphatic heterocycles. The first-order valence-corrected chi connectivity index (χ1v) is 19.1. The first kappa shape index (κ1) is 33.2. The first-order chi connectivity index (χ1) is 27.8. The molecular formula is C54H37NO. The van der Waals surface area contributed by atoms with Crippen molar-refractivity contribution in [3.63, 3.8) is 0 Å². The second-order valence-corrected chi connectivity index (χ2v) is 14.1. The van der Waals surface area contributed by atoms with Crippen LogP contribution >= 0.6 is 0 Å². The minimum atomic E-state index is 0.897. The van der Waals surface area contributed by atoms with Crippen LogP contribution in [0.1, 0.15) is 0 Å². The summed E-state index contributed by atoms with van der Waals surface area (Å²) in [6.45, 7) is 0. The fourth-order valence-electron chi connectivity index (χ4n) is 8.09. The van der Waals surface area contributed by atoms with Crippen LogP contribution in [0.5, 0.6) is 0 Å². The van der Waals surface area contributed by atoms with Gasteiger partial charge in [0.05, 0.1) is 5.69 Å². The molecule has 10 rings (SSSR count). The summed E-state index contributed by atoms with van der Waals surface area (Å²) in [5.41, 5.74) is 16.6. The lowest BCUT2D eigenvalue weighted by Gasteiger charge is -2.29. The van der Waals surface area contributed by atoms with Gasteiger partial charge in [0, 0.05) is 33.3 Å². The Morgan fingerprint density at radius 3 is 1.64 bits per heavy atom. The maximum atomic E-state index is 6.51. The van der Waals surface area contributed by atoms with E-state index in [1.165, 1.54) is 33.4 Å². The third-order valence-corrected chi connectivity index (χ3v) is 10.7. The van der Waals surface area contributed by atoms with Crippen molar-refractivity contribution in [2.75, 3.05) is 4.90 Å². The molecule has 0 atom stereocenters. The smallest absolute Gasteiger partial charge is 0.143 e. The van der Waals surface area contributed by atoms with Crippen molar-refractivity contribution >= 4 is 39.0 Å². The molecule has 0 aliphatic rings. The molecule has 2 nitrogen and oxygen atoms in total. The molecule has 264 valence electrons. The average molecular weight is 716 g/mol. The summed E-state index contributed by atoms with van der Waals surface area (Å²) < 4.78 is 6.51. The maximum Gasteiger partial charge on any atom is 0.143 e. The molecule has 0 unspecified atom stereocenters. The van der Waals surface area contributed by atoms with E-state index in [4.69, 9.17) is 4.42 Å². The molecule has 0 bridgehead atoms. The molecule has 0 fully saturated rings. The summed E-state index contributed by atoms with van der Waals surface area (Å²) in [7, 11) is 0. The van der Waals surface area contributed by atoms with Crippen molar-refractivity contribution in [2.24, 2.45) is 0 Å². The van der Waals surface area contributed by atoms with Crippen LogP contribution in [0.4, 0.5) is 17.1 Å². The Morgan fingerprint density at radius 2 is 0.839 bits per heavy atom. The number of benzene rings is 9. The van der Waals surface area contributed by atoms with Gasteiger partial charge in [-0.3, -0.25) is 0 Å². The molecule has 56 heavy (non-hydrogen) atoms. The summed E-state index contributed by atoms with van der Waals surface area (Å²) in [4.78, 5) is 2.38. The zero-order valence-corrected chi connectivity index (χ0v) is 30.7. The van der Waals surface area contributed by atoms with Gasteiger partial charge in [0.2, 0.25) is 0 Å². The highest BCUT2D eigenvalue weighted by atomic mass is 16.3. The third-order valence-electron chi connectivity index (χ3n) is 10.7. The van der Waals surface area contributed by atoms with E-state index in [9.17, 15) is 0 Å². The van der Waals surface area contributed by atoms with Crippen LogP contribution in [0.15, 0.2) is 229 Å². The molecule has 0 radical (unpaired) electrons. The van der Waals surface area contributed by atoms with Gasteiger partial charge in [-0.15, -0.1) is 0 Å². The van der Waals surface area contributed by atoms with Crippen molar-refractivity contribution < 1.29 is 4.42 Å². The van der Waals surface area contributed by atoms with E-state index in [0.717, 1.165) is 61.3 Å². The molecule has 1 aromatic heterocycles. The largest absolute Gasteiger partial charge is 0.455 e. The number of para-hydroxylation sites is 4. The minimum absolute atomic E-state index is 0.897. The lowest BCUT2D eigenvalue weighted by atomic mass is 9.86. The van der Waals surface area contributed by atoms with Gasteiger partial charge in [0.25, 0.3) is 0 Å². The summed E-state index contributed by atoms with van der Waals surface area (Å²) in [6, 6.07) is 80.1. The van der Waals surface area contributed by atoms with Crippen molar-refractivity contribution in [3.05, 3.63) is 224 Å². The molecular weight excluding hydrogens is 679 g/mol. The normalized spacial score (nSPS) is 11.2. The molecule has 10 aromatic rings. The maximum absolute atomic E-state index is 6.51. The van der Waals surface area contributed by atoms with Gasteiger partial charge in [-0.05, 0) is 87.0 Å². The molecule has 0 spiro atoms. The number of hydrogen-bond donors (Lipinski definition) is 0. The number of rotatable bonds is 8. The summed E-state index contributed by atoms with van der Waals surface area (Å²) >= 11 is 0. The van der Waals surface area contributed by atoms with Crippen molar-refractivity contribution in [3.8, 4) is 55.6 Å². The molecule has 0 N–H and O–H groups in total. The van der Waals surface area contributed by atoms with Gasteiger partial charge in [-0.2, -0.15) is 0 Å². The zero-order chi connectivity index (χ0) is 37.3.